The van der Waals surface area contributed by atoms with Gasteiger partial charge in [-0.05, 0) is 31.4 Å². The molecule has 2 N–H and O–H groups in total. The molecule has 1 aromatic carbocycles. The fourth-order valence-corrected chi connectivity index (χ4v) is 2.71. The zero-order valence-electron chi connectivity index (χ0n) is 11.3. The largest absolute Gasteiger partial charge is 0.377 e. The molecule has 1 unspecified atom stereocenters. The Morgan fingerprint density at radius 3 is 2.67 bits per heavy atom. The first-order valence-electron chi connectivity index (χ1n) is 6.79. The smallest absolute Gasteiger partial charge is 0.0813 e. The van der Waals surface area contributed by atoms with Gasteiger partial charge in [-0.2, -0.15) is 0 Å². The summed E-state index contributed by atoms with van der Waals surface area (Å²) in [6.45, 7) is 3.87. The summed E-state index contributed by atoms with van der Waals surface area (Å²) in [5.41, 5.74) is 7.17. The van der Waals surface area contributed by atoms with Gasteiger partial charge in [0.25, 0.3) is 0 Å². The van der Waals surface area contributed by atoms with Crippen LogP contribution in [0.3, 0.4) is 0 Å². The Kier molecular flexibility index (Phi) is 4.75. The first-order chi connectivity index (χ1) is 8.78. The van der Waals surface area contributed by atoms with Crippen molar-refractivity contribution in [3.05, 3.63) is 35.9 Å². The van der Waals surface area contributed by atoms with Crippen LogP contribution in [0.1, 0.15) is 24.8 Å². The minimum atomic E-state index is -0.0918. The molecule has 1 atom stereocenters. The highest BCUT2D eigenvalue weighted by Gasteiger charge is 2.30. The normalized spacial score (nSPS) is 25.9. The lowest BCUT2D eigenvalue weighted by Crippen LogP contribution is -2.40. The van der Waals surface area contributed by atoms with Gasteiger partial charge in [-0.25, -0.2) is 0 Å². The second-order valence-electron chi connectivity index (χ2n) is 5.21. The van der Waals surface area contributed by atoms with E-state index in [1.165, 1.54) is 5.56 Å². The van der Waals surface area contributed by atoms with Crippen molar-refractivity contribution in [3.8, 4) is 0 Å². The Morgan fingerprint density at radius 1 is 1.22 bits per heavy atom. The fourth-order valence-electron chi connectivity index (χ4n) is 2.71. The second-order valence-corrected chi connectivity index (χ2v) is 5.21. The number of rotatable bonds is 4. The Labute approximate surface area is 110 Å². The van der Waals surface area contributed by atoms with E-state index >= 15 is 0 Å². The number of benzene rings is 1. The lowest BCUT2D eigenvalue weighted by molar-refractivity contribution is -0.0142. The lowest BCUT2D eigenvalue weighted by atomic mass is 9.95. The van der Waals surface area contributed by atoms with Crippen molar-refractivity contribution >= 4 is 0 Å². The molecule has 1 saturated heterocycles. The lowest BCUT2D eigenvalue weighted by Gasteiger charge is -2.29. The van der Waals surface area contributed by atoms with Crippen molar-refractivity contribution in [2.45, 2.75) is 31.4 Å². The second kappa shape index (κ2) is 6.32. The highest BCUT2D eigenvalue weighted by Crippen LogP contribution is 2.25. The van der Waals surface area contributed by atoms with Gasteiger partial charge in [0.1, 0.15) is 0 Å². The molecule has 1 aliphatic rings. The molecule has 3 nitrogen and oxygen atoms in total. The van der Waals surface area contributed by atoms with E-state index in [1.807, 2.05) is 0 Å². The number of methoxy groups -OCH3 is 1. The Hall–Kier alpha value is -0.900. The maximum atomic E-state index is 5.87. The van der Waals surface area contributed by atoms with E-state index in [2.05, 4.69) is 35.2 Å². The number of likely N-dealkylation sites (tertiary alicyclic amines) is 1. The van der Waals surface area contributed by atoms with Gasteiger partial charge in [-0.1, -0.05) is 30.3 Å². The van der Waals surface area contributed by atoms with E-state index < -0.39 is 0 Å². The molecule has 1 aliphatic heterocycles. The van der Waals surface area contributed by atoms with Crippen LogP contribution in [0.5, 0.6) is 0 Å². The number of nitrogens with two attached hydrogens (primary N) is 1. The average molecular weight is 248 g/mol. The summed E-state index contributed by atoms with van der Waals surface area (Å²) in [6.07, 6.45) is 3.27. The van der Waals surface area contributed by atoms with Gasteiger partial charge in [-0.15, -0.1) is 0 Å². The van der Waals surface area contributed by atoms with Gasteiger partial charge in [0.05, 0.1) is 5.60 Å². The topological polar surface area (TPSA) is 38.5 Å². The number of hydrogen-bond acceptors (Lipinski definition) is 3. The van der Waals surface area contributed by atoms with E-state index in [4.69, 9.17) is 10.5 Å². The minimum Gasteiger partial charge on any atom is -0.377 e. The van der Waals surface area contributed by atoms with Crippen LogP contribution < -0.4 is 5.73 Å². The van der Waals surface area contributed by atoms with Gasteiger partial charge in [0.2, 0.25) is 0 Å². The van der Waals surface area contributed by atoms with Crippen LogP contribution in [0, 0.1) is 0 Å². The van der Waals surface area contributed by atoms with Crippen LogP contribution in [-0.2, 0) is 11.3 Å². The Balaban J connectivity index is 1.93. The average Bonchev–Trinajstić information content (AvgIpc) is 2.63. The molecule has 0 spiro atoms. The number of ether oxygens (including phenoxy) is 1. The van der Waals surface area contributed by atoms with Gasteiger partial charge in [0.15, 0.2) is 0 Å². The zero-order valence-corrected chi connectivity index (χ0v) is 11.3. The summed E-state index contributed by atoms with van der Waals surface area (Å²) in [5.74, 6) is 0. The van der Waals surface area contributed by atoms with Crippen LogP contribution >= 0.6 is 0 Å². The van der Waals surface area contributed by atoms with Crippen LogP contribution in [0.15, 0.2) is 30.3 Å². The van der Waals surface area contributed by atoms with E-state index in [1.54, 1.807) is 7.11 Å². The molecule has 100 valence electrons. The third kappa shape index (κ3) is 3.31. The molecule has 1 heterocycles. The maximum absolute atomic E-state index is 5.87. The van der Waals surface area contributed by atoms with Crippen molar-refractivity contribution in [2.24, 2.45) is 5.73 Å². The van der Waals surface area contributed by atoms with Crippen molar-refractivity contribution in [2.75, 3.05) is 26.7 Å². The van der Waals surface area contributed by atoms with Crippen LogP contribution in [0.25, 0.3) is 0 Å². The molecule has 0 saturated carbocycles. The summed E-state index contributed by atoms with van der Waals surface area (Å²) in [5, 5.41) is 0. The SMILES string of the molecule is COC1(CN)CCCN(Cc2ccccc2)CC1. The molecular formula is C15H24N2O. The highest BCUT2D eigenvalue weighted by molar-refractivity contribution is 5.14. The summed E-state index contributed by atoms with van der Waals surface area (Å²) in [6, 6.07) is 10.7. The molecule has 0 amide bonds. The molecule has 0 radical (unpaired) electrons. The minimum absolute atomic E-state index is 0.0918. The quantitative estimate of drug-likeness (QED) is 0.886. The van der Waals surface area contributed by atoms with Crippen LogP contribution in [-0.4, -0.2) is 37.2 Å². The molecule has 0 aromatic heterocycles. The highest BCUT2D eigenvalue weighted by atomic mass is 16.5. The van der Waals surface area contributed by atoms with E-state index in [9.17, 15) is 0 Å². The van der Waals surface area contributed by atoms with Crippen molar-refractivity contribution in [1.82, 2.24) is 4.90 Å². The third-order valence-electron chi connectivity index (χ3n) is 4.04. The Bertz CT molecular complexity index is 349. The van der Waals surface area contributed by atoms with Crippen molar-refractivity contribution in [1.29, 1.82) is 0 Å². The first-order valence-corrected chi connectivity index (χ1v) is 6.79. The summed E-state index contributed by atoms with van der Waals surface area (Å²) >= 11 is 0. The van der Waals surface area contributed by atoms with Crippen molar-refractivity contribution in [3.63, 3.8) is 0 Å². The monoisotopic (exact) mass is 248 g/mol. The molecule has 1 fully saturated rings. The van der Waals surface area contributed by atoms with E-state index in [0.29, 0.717) is 6.54 Å². The van der Waals surface area contributed by atoms with Crippen LogP contribution in [0.4, 0.5) is 0 Å². The molecule has 1 aromatic rings. The number of nitrogens with zero attached hydrogens (tertiary/aromatic N) is 1. The van der Waals surface area contributed by atoms with E-state index in [0.717, 1.165) is 38.9 Å². The van der Waals surface area contributed by atoms with Crippen molar-refractivity contribution < 1.29 is 4.74 Å². The molecule has 0 aliphatic carbocycles. The first kappa shape index (κ1) is 13.5. The van der Waals surface area contributed by atoms with Gasteiger partial charge in [-0.3, -0.25) is 4.90 Å². The van der Waals surface area contributed by atoms with E-state index in [-0.39, 0.29) is 5.60 Å². The Morgan fingerprint density at radius 2 is 2.00 bits per heavy atom. The third-order valence-corrected chi connectivity index (χ3v) is 4.04. The number of hydrogen-bond donors (Lipinski definition) is 1. The molecular weight excluding hydrogens is 224 g/mol. The predicted octanol–water partition coefficient (Wildman–Crippen LogP) is 2.02. The molecule has 0 bridgehead atoms. The van der Waals surface area contributed by atoms with Gasteiger partial charge in [0, 0.05) is 26.7 Å². The molecule has 2 rings (SSSR count). The maximum Gasteiger partial charge on any atom is 0.0813 e. The van der Waals surface area contributed by atoms with Gasteiger partial charge < -0.3 is 10.5 Å². The zero-order chi connectivity index (χ0) is 12.8. The predicted molar refractivity (Wildman–Crippen MR) is 74.4 cm³/mol. The molecule has 18 heavy (non-hydrogen) atoms. The summed E-state index contributed by atoms with van der Waals surface area (Å²) < 4.78 is 5.65. The molecule has 3 heteroatoms. The summed E-state index contributed by atoms with van der Waals surface area (Å²) in [4.78, 5) is 2.51. The van der Waals surface area contributed by atoms with Gasteiger partial charge >= 0.3 is 0 Å². The fraction of sp³-hybridized carbons (Fsp3) is 0.600. The summed E-state index contributed by atoms with van der Waals surface area (Å²) in [7, 11) is 1.79. The van der Waals surface area contributed by atoms with Crippen LogP contribution in [0.2, 0.25) is 0 Å². The standard InChI is InChI=1S/C15H24N2O/c1-18-15(13-16)8-5-10-17(11-9-15)12-14-6-3-2-4-7-14/h2-4,6-7H,5,8-13,16H2,1H3.